The van der Waals surface area contributed by atoms with Crippen molar-refractivity contribution in [1.29, 1.82) is 0 Å². The van der Waals surface area contributed by atoms with Crippen LogP contribution in [0.3, 0.4) is 0 Å². The van der Waals surface area contributed by atoms with E-state index >= 15 is 0 Å². The third-order valence-corrected chi connectivity index (χ3v) is 3.73. The van der Waals surface area contributed by atoms with Gasteiger partial charge in [0.25, 0.3) is 0 Å². The van der Waals surface area contributed by atoms with Crippen LogP contribution in [0.5, 0.6) is 5.88 Å². The number of hydrogen-bond donors (Lipinski definition) is 2. The Kier molecular flexibility index (Phi) is 3.32. The summed E-state index contributed by atoms with van der Waals surface area (Å²) in [5.41, 5.74) is 0. The molecule has 5 nitrogen and oxygen atoms in total. The van der Waals surface area contributed by atoms with Crippen molar-refractivity contribution in [3.05, 3.63) is 12.3 Å². The Balaban J connectivity index is 1.63. The maximum atomic E-state index is 5.39. The van der Waals surface area contributed by atoms with Gasteiger partial charge in [0, 0.05) is 30.4 Å². The topological polar surface area (TPSA) is 59.1 Å². The molecule has 18 heavy (non-hydrogen) atoms. The molecule has 2 bridgehead atoms. The van der Waals surface area contributed by atoms with Crippen LogP contribution < -0.4 is 15.4 Å². The van der Waals surface area contributed by atoms with Gasteiger partial charge in [0.05, 0.1) is 6.61 Å². The number of fused-ring (bicyclic) bond motifs is 2. The SMILES string of the molecule is CCOc1ccnc(NC2CC3CCC(C2)N3)n1. The van der Waals surface area contributed by atoms with Crippen molar-refractivity contribution in [3.63, 3.8) is 0 Å². The highest BCUT2D eigenvalue weighted by Crippen LogP contribution is 2.28. The van der Waals surface area contributed by atoms with Crippen molar-refractivity contribution in [1.82, 2.24) is 15.3 Å². The minimum Gasteiger partial charge on any atom is -0.478 e. The molecule has 2 aliphatic rings. The van der Waals surface area contributed by atoms with E-state index in [2.05, 4.69) is 20.6 Å². The lowest BCUT2D eigenvalue weighted by molar-refractivity contribution is 0.326. The van der Waals surface area contributed by atoms with Crippen molar-refractivity contribution in [2.24, 2.45) is 0 Å². The molecular weight excluding hydrogens is 228 g/mol. The second-order valence-corrected chi connectivity index (χ2v) is 5.10. The molecule has 2 aliphatic heterocycles. The lowest BCUT2D eigenvalue weighted by atomic mass is 10.0. The van der Waals surface area contributed by atoms with Crippen LogP contribution in [-0.2, 0) is 0 Å². The van der Waals surface area contributed by atoms with E-state index < -0.39 is 0 Å². The van der Waals surface area contributed by atoms with E-state index in [0.29, 0.717) is 36.6 Å². The van der Waals surface area contributed by atoms with Crippen molar-refractivity contribution < 1.29 is 4.74 Å². The Morgan fingerprint density at radius 2 is 2.17 bits per heavy atom. The van der Waals surface area contributed by atoms with Gasteiger partial charge in [-0.2, -0.15) is 4.98 Å². The van der Waals surface area contributed by atoms with E-state index in [9.17, 15) is 0 Å². The normalized spacial score (nSPS) is 30.2. The second kappa shape index (κ2) is 5.10. The Hall–Kier alpha value is -1.36. The van der Waals surface area contributed by atoms with Crippen LogP contribution in [0.2, 0.25) is 0 Å². The van der Waals surface area contributed by atoms with Gasteiger partial charge in [-0.05, 0) is 32.6 Å². The Morgan fingerprint density at radius 3 is 2.89 bits per heavy atom. The molecule has 2 fully saturated rings. The fourth-order valence-electron chi connectivity index (χ4n) is 3.00. The van der Waals surface area contributed by atoms with E-state index in [0.717, 1.165) is 0 Å². The molecule has 5 heteroatoms. The number of nitrogens with one attached hydrogen (secondary N) is 2. The van der Waals surface area contributed by atoms with Crippen LogP contribution in [0.4, 0.5) is 5.95 Å². The zero-order valence-electron chi connectivity index (χ0n) is 10.7. The molecule has 3 heterocycles. The summed E-state index contributed by atoms with van der Waals surface area (Å²) < 4.78 is 5.39. The summed E-state index contributed by atoms with van der Waals surface area (Å²) in [6.07, 6.45) is 6.69. The van der Waals surface area contributed by atoms with Gasteiger partial charge in [0.15, 0.2) is 0 Å². The molecule has 2 unspecified atom stereocenters. The van der Waals surface area contributed by atoms with Gasteiger partial charge >= 0.3 is 0 Å². The summed E-state index contributed by atoms with van der Waals surface area (Å²) in [4.78, 5) is 8.63. The number of aromatic nitrogens is 2. The summed E-state index contributed by atoms with van der Waals surface area (Å²) >= 11 is 0. The van der Waals surface area contributed by atoms with E-state index in [1.807, 2.05) is 6.92 Å². The summed E-state index contributed by atoms with van der Waals surface area (Å²) in [6.45, 7) is 2.59. The molecule has 3 rings (SSSR count). The molecule has 0 aliphatic carbocycles. The molecule has 2 N–H and O–H groups in total. The van der Waals surface area contributed by atoms with Gasteiger partial charge < -0.3 is 15.4 Å². The second-order valence-electron chi connectivity index (χ2n) is 5.10. The summed E-state index contributed by atoms with van der Waals surface area (Å²) in [5, 5.41) is 7.07. The Morgan fingerprint density at radius 1 is 1.39 bits per heavy atom. The zero-order chi connectivity index (χ0) is 12.4. The molecule has 98 valence electrons. The van der Waals surface area contributed by atoms with E-state index in [-0.39, 0.29) is 0 Å². The highest BCUT2D eigenvalue weighted by atomic mass is 16.5. The first-order valence-corrected chi connectivity index (χ1v) is 6.82. The number of rotatable bonds is 4. The minimum atomic E-state index is 0.487. The maximum absolute atomic E-state index is 5.39. The molecule has 0 amide bonds. The van der Waals surface area contributed by atoms with Gasteiger partial charge in [0.2, 0.25) is 11.8 Å². The minimum absolute atomic E-state index is 0.487. The van der Waals surface area contributed by atoms with Crippen LogP contribution in [0.25, 0.3) is 0 Å². The quantitative estimate of drug-likeness (QED) is 0.847. The first-order chi connectivity index (χ1) is 8.83. The van der Waals surface area contributed by atoms with E-state index in [4.69, 9.17) is 4.74 Å². The van der Waals surface area contributed by atoms with Crippen molar-refractivity contribution in [2.45, 2.75) is 50.7 Å². The molecule has 0 saturated carbocycles. The third-order valence-electron chi connectivity index (χ3n) is 3.73. The standard InChI is InChI=1S/C13H20N4O/c1-2-18-12-5-6-14-13(17-12)16-11-7-9-3-4-10(8-11)15-9/h5-6,9-11,15H,2-4,7-8H2,1H3,(H,14,16,17). The monoisotopic (exact) mass is 248 g/mol. The number of piperidine rings is 1. The van der Waals surface area contributed by atoms with Gasteiger partial charge in [-0.15, -0.1) is 0 Å². The lowest BCUT2D eigenvalue weighted by Gasteiger charge is -2.29. The smallest absolute Gasteiger partial charge is 0.226 e. The molecule has 2 saturated heterocycles. The van der Waals surface area contributed by atoms with Crippen LogP contribution in [0.15, 0.2) is 12.3 Å². The third kappa shape index (κ3) is 2.56. The Labute approximate surface area is 107 Å². The van der Waals surface area contributed by atoms with Crippen LogP contribution in [0, 0.1) is 0 Å². The summed E-state index contributed by atoms with van der Waals surface area (Å²) in [7, 11) is 0. The van der Waals surface area contributed by atoms with Crippen LogP contribution in [0.1, 0.15) is 32.6 Å². The van der Waals surface area contributed by atoms with Gasteiger partial charge in [-0.1, -0.05) is 0 Å². The molecule has 0 spiro atoms. The van der Waals surface area contributed by atoms with Crippen LogP contribution >= 0.6 is 0 Å². The Bertz CT molecular complexity index is 400. The lowest BCUT2D eigenvalue weighted by Crippen LogP contribution is -2.43. The molecule has 1 aromatic heterocycles. The predicted molar refractivity (Wildman–Crippen MR) is 69.8 cm³/mol. The zero-order valence-corrected chi connectivity index (χ0v) is 10.7. The molecule has 0 aromatic carbocycles. The first kappa shape index (κ1) is 11.7. The number of nitrogens with zero attached hydrogens (tertiary/aromatic N) is 2. The van der Waals surface area contributed by atoms with Gasteiger partial charge in [-0.3, -0.25) is 0 Å². The van der Waals surface area contributed by atoms with Crippen LogP contribution in [-0.4, -0.2) is 34.7 Å². The van der Waals surface area contributed by atoms with Gasteiger partial charge in [-0.25, -0.2) is 4.98 Å². The molecule has 0 radical (unpaired) electrons. The van der Waals surface area contributed by atoms with E-state index in [1.165, 1.54) is 25.7 Å². The first-order valence-electron chi connectivity index (χ1n) is 6.82. The number of ether oxygens (including phenoxy) is 1. The van der Waals surface area contributed by atoms with E-state index in [1.54, 1.807) is 12.3 Å². The van der Waals surface area contributed by atoms with Crippen molar-refractivity contribution >= 4 is 5.95 Å². The number of hydrogen-bond acceptors (Lipinski definition) is 5. The maximum Gasteiger partial charge on any atom is 0.226 e. The number of anilines is 1. The predicted octanol–water partition coefficient (Wildman–Crippen LogP) is 1.57. The fourth-order valence-corrected chi connectivity index (χ4v) is 3.00. The largest absolute Gasteiger partial charge is 0.478 e. The average Bonchev–Trinajstić information content (AvgIpc) is 2.70. The molecule has 1 aromatic rings. The van der Waals surface area contributed by atoms with Crippen molar-refractivity contribution in [3.8, 4) is 5.88 Å². The summed E-state index contributed by atoms with van der Waals surface area (Å²) in [5.74, 6) is 1.33. The van der Waals surface area contributed by atoms with Gasteiger partial charge in [0.1, 0.15) is 0 Å². The highest BCUT2D eigenvalue weighted by molar-refractivity contribution is 5.29. The van der Waals surface area contributed by atoms with Crippen molar-refractivity contribution in [2.75, 3.05) is 11.9 Å². The molecule has 2 atom stereocenters. The average molecular weight is 248 g/mol. The fraction of sp³-hybridized carbons (Fsp3) is 0.692. The molecular formula is C13H20N4O. The summed E-state index contributed by atoms with van der Waals surface area (Å²) in [6, 6.07) is 3.63. The highest BCUT2D eigenvalue weighted by Gasteiger charge is 2.33.